The second-order valence-corrected chi connectivity index (χ2v) is 18.6. The van der Waals surface area contributed by atoms with E-state index in [1.807, 2.05) is 0 Å². The number of benzene rings is 9. The Balaban J connectivity index is 1.32. The third kappa shape index (κ3) is 5.10. The molecule has 57 heavy (non-hydrogen) atoms. The SMILES string of the molecule is c1ccc(-c2cc3c(cc2[Si](c2ccccc2)(c2ccccc2)c2ccccc2)c2ccccc2n3-c2cccc3c2c2ccccc2n3-c2ccccc2)cc1. The van der Waals surface area contributed by atoms with E-state index in [1.165, 1.54) is 81.2 Å². The molecule has 0 saturated carbocycles. The van der Waals surface area contributed by atoms with Crippen molar-refractivity contribution in [1.82, 2.24) is 9.13 Å². The summed E-state index contributed by atoms with van der Waals surface area (Å²) in [4.78, 5) is 0. The quantitative estimate of drug-likeness (QED) is 0.114. The van der Waals surface area contributed by atoms with Crippen LogP contribution >= 0.6 is 0 Å². The van der Waals surface area contributed by atoms with E-state index in [9.17, 15) is 0 Å². The van der Waals surface area contributed by atoms with Gasteiger partial charge in [0.2, 0.25) is 0 Å². The number of fused-ring (bicyclic) bond motifs is 6. The Bertz CT molecular complexity index is 3110. The van der Waals surface area contributed by atoms with Crippen LogP contribution in [0.1, 0.15) is 0 Å². The summed E-state index contributed by atoms with van der Waals surface area (Å²) in [5.74, 6) is 0. The van der Waals surface area contributed by atoms with Gasteiger partial charge >= 0.3 is 0 Å². The van der Waals surface area contributed by atoms with Crippen molar-refractivity contribution in [3.63, 3.8) is 0 Å². The Morgan fingerprint density at radius 1 is 0.316 bits per heavy atom. The third-order valence-electron chi connectivity index (χ3n) is 11.9. The highest BCUT2D eigenvalue weighted by atomic mass is 28.3. The molecule has 0 amide bonds. The summed E-state index contributed by atoms with van der Waals surface area (Å²) in [6.45, 7) is 0. The number of para-hydroxylation sites is 3. The molecule has 268 valence electrons. The zero-order valence-electron chi connectivity index (χ0n) is 31.3. The van der Waals surface area contributed by atoms with Gasteiger partial charge in [-0.1, -0.05) is 188 Å². The largest absolute Gasteiger partial charge is 0.309 e. The minimum Gasteiger partial charge on any atom is -0.309 e. The van der Waals surface area contributed by atoms with E-state index in [2.05, 4.69) is 240 Å². The average Bonchev–Trinajstić information content (AvgIpc) is 3.81. The molecule has 11 rings (SSSR count). The highest BCUT2D eigenvalue weighted by Crippen LogP contribution is 2.41. The van der Waals surface area contributed by atoms with Gasteiger partial charge in [0, 0.05) is 27.2 Å². The molecule has 0 aliphatic carbocycles. The topological polar surface area (TPSA) is 9.86 Å². The number of hydrogen-bond donors (Lipinski definition) is 0. The van der Waals surface area contributed by atoms with E-state index in [0.29, 0.717) is 0 Å². The lowest BCUT2D eigenvalue weighted by Gasteiger charge is -2.36. The van der Waals surface area contributed by atoms with Crippen molar-refractivity contribution in [2.75, 3.05) is 0 Å². The summed E-state index contributed by atoms with van der Waals surface area (Å²) in [5, 5.41) is 10.4. The third-order valence-corrected chi connectivity index (χ3v) is 16.7. The van der Waals surface area contributed by atoms with Gasteiger partial charge in [0.1, 0.15) is 0 Å². The van der Waals surface area contributed by atoms with E-state index in [4.69, 9.17) is 0 Å². The minimum absolute atomic E-state index is 1.16. The molecule has 9 aromatic carbocycles. The lowest BCUT2D eigenvalue weighted by molar-refractivity contribution is 1.17. The van der Waals surface area contributed by atoms with Crippen LogP contribution in [0.2, 0.25) is 0 Å². The van der Waals surface area contributed by atoms with Crippen LogP contribution in [0.5, 0.6) is 0 Å². The zero-order valence-corrected chi connectivity index (χ0v) is 32.3. The number of rotatable bonds is 7. The van der Waals surface area contributed by atoms with Gasteiger partial charge in [0.05, 0.1) is 27.8 Å². The van der Waals surface area contributed by atoms with Gasteiger partial charge < -0.3 is 9.13 Å². The van der Waals surface area contributed by atoms with Crippen molar-refractivity contribution in [3.05, 3.63) is 231 Å². The summed E-state index contributed by atoms with van der Waals surface area (Å²) in [6.07, 6.45) is 0. The minimum atomic E-state index is -2.93. The summed E-state index contributed by atoms with van der Waals surface area (Å²) in [7, 11) is -2.93. The molecule has 0 unspecified atom stereocenters. The Labute approximate surface area is 333 Å². The van der Waals surface area contributed by atoms with Crippen LogP contribution in [0.3, 0.4) is 0 Å². The predicted molar refractivity (Wildman–Crippen MR) is 244 cm³/mol. The van der Waals surface area contributed by atoms with Gasteiger partial charge in [-0.05, 0) is 74.3 Å². The molecular formula is C54H38N2Si. The summed E-state index contributed by atoms with van der Waals surface area (Å²) in [5.41, 5.74) is 9.58. The van der Waals surface area contributed by atoms with Crippen LogP contribution in [-0.4, -0.2) is 17.2 Å². The summed E-state index contributed by atoms with van der Waals surface area (Å²) >= 11 is 0. The Kier molecular flexibility index (Phi) is 7.87. The van der Waals surface area contributed by atoms with Crippen LogP contribution in [0.15, 0.2) is 231 Å². The van der Waals surface area contributed by atoms with Crippen molar-refractivity contribution in [2.45, 2.75) is 0 Å². The fourth-order valence-electron chi connectivity index (χ4n) is 9.51. The molecule has 0 aliphatic heterocycles. The molecule has 11 aromatic rings. The molecule has 0 saturated heterocycles. The molecule has 0 atom stereocenters. The second kappa shape index (κ2) is 13.5. The average molecular weight is 743 g/mol. The first-order valence-electron chi connectivity index (χ1n) is 19.7. The van der Waals surface area contributed by atoms with Crippen molar-refractivity contribution in [1.29, 1.82) is 0 Å². The maximum Gasteiger partial charge on any atom is 0.180 e. The van der Waals surface area contributed by atoms with Crippen molar-refractivity contribution >= 4 is 72.4 Å². The lowest BCUT2D eigenvalue weighted by Crippen LogP contribution is -2.75. The first-order valence-corrected chi connectivity index (χ1v) is 21.7. The Hall–Kier alpha value is -7.20. The number of hydrogen-bond acceptors (Lipinski definition) is 0. The molecular weight excluding hydrogens is 705 g/mol. The van der Waals surface area contributed by atoms with Crippen molar-refractivity contribution in [3.8, 4) is 22.5 Å². The molecule has 2 heterocycles. The van der Waals surface area contributed by atoms with E-state index >= 15 is 0 Å². The molecule has 0 fully saturated rings. The smallest absolute Gasteiger partial charge is 0.180 e. The fraction of sp³-hybridized carbons (Fsp3) is 0. The van der Waals surface area contributed by atoms with Gasteiger partial charge in [0.15, 0.2) is 8.07 Å². The monoisotopic (exact) mass is 742 g/mol. The molecule has 0 N–H and O–H groups in total. The van der Waals surface area contributed by atoms with Gasteiger partial charge in [-0.2, -0.15) is 0 Å². The second-order valence-electron chi connectivity index (χ2n) is 14.8. The van der Waals surface area contributed by atoms with Crippen molar-refractivity contribution < 1.29 is 0 Å². The van der Waals surface area contributed by atoms with Crippen LogP contribution in [0.4, 0.5) is 0 Å². The van der Waals surface area contributed by atoms with Crippen LogP contribution in [-0.2, 0) is 0 Å². The Morgan fingerprint density at radius 3 is 1.39 bits per heavy atom. The standard InChI is InChI=1S/C54H38N2Si/c1-6-21-39(22-7-1)46-37-52-47(38-53(46)57(41-25-10-3-11-26-41,42-27-12-4-13-28-42)43-29-14-5-15-30-43)44-31-16-18-33-48(44)56(52)51-36-20-35-50-54(51)45-32-17-19-34-49(45)55(50)40-23-8-2-9-24-40/h1-38H. The van der Waals surface area contributed by atoms with Crippen LogP contribution in [0, 0.1) is 0 Å². The molecule has 2 nitrogen and oxygen atoms in total. The van der Waals surface area contributed by atoms with E-state index in [0.717, 1.165) is 5.69 Å². The first kappa shape index (κ1) is 33.2. The highest BCUT2D eigenvalue weighted by Gasteiger charge is 2.43. The highest BCUT2D eigenvalue weighted by molar-refractivity contribution is 7.20. The summed E-state index contributed by atoms with van der Waals surface area (Å²) < 4.78 is 4.94. The Morgan fingerprint density at radius 2 is 0.789 bits per heavy atom. The summed E-state index contributed by atoms with van der Waals surface area (Å²) in [6, 6.07) is 85.3. The molecule has 2 aromatic heterocycles. The van der Waals surface area contributed by atoms with Gasteiger partial charge in [0.25, 0.3) is 0 Å². The fourth-order valence-corrected chi connectivity index (χ4v) is 14.5. The zero-order chi connectivity index (χ0) is 37.8. The van der Waals surface area contributed by atoms with E-state index in [1.54, 1.807) is 0 Å². The molecule has 0 aliphatic rings. The molecule has 0 radical (unpaired) electrons. The first-order chi connectivity index (χ1) is 28.3. The molecule has 0 spiro atoms. The van der Waals surface area contributed by atoms with Crippen LogP contribution in [0.25, 0.3) is 66.1 Å². The van der Waals surface area contributed by atoms with Crippen molar-refractivity contribution in [2.24, 2.45) is 0 Å². The number of nitrogens with zero attached hydrogens (tertiary/aromatic N) is 2. The lowest BCUT2D eigenvalue weighted by atomic mass is 10.0. The number of aromatic nitrogens is 2. The van der Waals surface area contributed by atoms with Gasteiger partial charge in [-0.3, -0.25) is 0 Å². The maximum atomic E-state index is 2.57. The van der Waals surface area contributed by atoms with E-state index < -0.39 is 8.07 Å². The molecule has 0 bridgehead atoms. The van der Waals surface area contributed by atoms with Crippen LogP contribution < -0.4 is 20.7 Å². The van der Waals surface area contributed by atoms with E-state index in [-0.39, 0.29) is 0 Å². The predicted octanol–water partition coefficient (Wildman–Crippen LogP) is 10.9. The molecule has 3 heteroatoms. The van der Waals surface area contributed by atoms with Gasteiger partial charge in [-0.15, -0.1) is 0 Å². The normalized spacial score (nSPS) is 11.9. The van der Waals surface area contributed by atoms with Gasteiger partial charge in [-0.25, -0.2) is 0 Å². The maximum absolute atomic E-state index is 2.93.